The predicted octanol–water partition coefficient (Wildman–Crippen LogP) is 5.01. The summed E-state index contributed by atoms with van der Waals surface area (Å²) in [4.78, 5) is 36.0. The van der Waals surface area contributed by atoms with Crippen molar-refractivity contribution < 1.29 is 34.4 Å². The number of aliphatic hydroxyl groups is 2. The average Bonchev–Trinajstić information content (AvgIpc) is 3.26. The standard InChI is InChI=1S/C24H29NO4.C9H10O3/c1-24(2,3)29-23(28)25-22-18(13-17-11-7-8-12-19(17)22)14-21(27)20(15-26)16-9-5-4-6-10-16;10-6-8(9(11)12)7-4-2-1-3-5-7/h4-12,18,20,22,26H,13-15H2,1-3H3,(H,25,28);1-5,8,10H,6H2,(H,11,12)/t18-,20?,22-;/m1./s1. The molecule has 1 aliphatic carbocycles. The normalized spacial score (nSPS) is 17.3. The minimum atomic E-state index is -0.997. The van der Waals surface area contributed by atoms with Crippen LogP contribution in [0.15, 0.2) is 84.9 Å². The summed E-state index contributed by atoms with van der Waals surface area (Å²) in [6.45, 7) is 4.87. The van der Waals surface area contributed by atoms with Gasteiger partial charge in [-0.05, 0) is 55.4 Å². The van der Waals surface area contributed by atoms with E-state index in [0.717, 1.165) is 16.7 Å². The Morgan fingerprint density at radius 2 is 1.34 bits per heavy atom. The van der Waals surface area contributed by atoms with Crippen LogP contribution in [0.3, 0.4) is 0 Å². The third kappa shape index (κ3) is 8.99. The molecule has 0 radical (unpaired) electrons. The van der Waals surface area contributed by atoms with E-state index in [1.165, 1.54) is 0 Å². The van der Waals surface area contributed by atoms with E-state index in [2.05, 4.69) is 5.32 Å². The van der Waals surface area contributed by atoms with Gasteiger partial charge in [-0.1, -0.05) is 84.9 Å². The topological polar surface area (TPSA) is 133 Å². The molecule has 0 bridgehead atoms. The van der Waals surface area contributed by atoms with Crippen LogP contribution in [-0.2, 0) is 20.7 Å². The number of carbonyl (C=O) groups excluding carboxylic acids is 2. The van der Waals surface area contributed by atoms with Crippen molar-refractivity contribution in [1.29, 1.82) is 0 Å². The number of carbonyl (C=O) groups is 3. The van der Waals surface area contributed by atoms with Gasteiger partial charge in [-0.3, -0.25) is 9.59 Å². The molecule has 0 saturated heterocycles. The third-order valence-corrected chi connectivity index (χ3v) is 6.94. The number of hydrogen-bond acceptors (Lipinski definition) is 6. The molecule has 1 aliphatic rings. The average molecular weight is 562 g/mol. The van der Waals surface area contributed by atoms with E-state index in [4.69, 9.17) is 14.9 Å². The van der Waals surface area contributed by atoms with Gasteiger partial charge in [0.05, 0.1) is 25.2 Å². The predicted molar refractivity (Wildman–Crippen MR) is 156 cm³/mol. The van der Waals surface area contributed by atoms with Crippen LogP contribution in [0.4, 0.5) is 4.79 Å². The second-order valence-corrected chi connectivity index (χ2v) is 11.1. The number of carboxylic acids is 1. The molecule has 41 heavy (non-hydrogen) atoms. The van der Waals surface area contributed by atoms with E-state index >= 15 is 0 Å². The van der Waals surface area contributed by atoms with Crippen LogP contribution in [0.5, 0.6) is 0 Å². The Labute approximate surface area is 241 Å². The molecule has 0 saturated carbocycles. The summed E-state index contributed by atoms with van der Waals surface area (Å²) >= 11 is 0. The first kappa shape index (κ1) is 31.5. The minimum absolute atomic E-state index is 0.0208. The first-order valence-electron chi connectivity index (χ1n) is 13.7. The number of aliphatic carboxylic acids is 1. The molecule has 0 spiro atoms. The van der Waals surface area contributed by atoms with E-state index in [1.807, 2.05) is 75.4 Å². The molecule has 2 unspecified atom stereocenters. The monoisotopic (exact) mass is 561 g/mol. The van der Waals surface area contributed by atoms with Crippen molar-refractivity contribution in [3.05, 3.63) is 107 Å². The number of aliphatic hydroxyl groups excluding tert-OH is 2. The van der Waals surface area contributed by atoms with E-state index in [1.54, 1.807) is 30.3 Å². The summed E-state index contributed by atoms with van der Waals surface area (Å²) in [6, 6.07) is 25.7. The Morgan fingerprint density at radius 3 is 1.85 bits per heavy atom. The zero-order valence-corrected chi connectivity index (χ0v) is 23.7. The van der Waals surface area contributed by atoms with Crippen molar-refractivity contribution in [2.24, 2.45) is 5.92 Å². The first-order valence-corrected chi connectivity index (χ1v) is 13.7. The Balaban J connectivity index is 0.000000322. The fourth-order valence-corrected chi connectivity index (χ4v) is 4.99. The summed E-state index contributed by atoms with van der Waals surface area (Å²) in [5, 5.41) is 30.2. The number of benzene rings is 3. The lowest BCUT2D eigenvalue weighted by Gasteiger charge is -2.26. The van der Waals surface area contributed by atoms with Gasteiger partial charge in [-0.2, -0.15) is 0 Å². The molecule has 4 N–H and O–H groups in total. The Hall–Kier alpha value is -4.01. The van der Waals surface area contributed by atoms with Gasteiger partial charge in [-0.25, -0.2) is 4.79 Å². The Morgan fingerprint density at radius 1 is 0.829 bits per heavy atom. The summed E-state index contributed by atoms with van der Waals surface area (Å²) in [6.07, 6.45) is 0.489. The van der Waals surface area contributed by atoms with Gasteiger partial charge in [0.2, 0.25) is 0 Å². The highest BCUT2D eigenvalue weighted by atomic mass is 16.6. The van der Waals surface area contributed by atoms with Crippen molar-refractivity contribution in [1.82, 2.24) is 5.32 Å². The number of nitrogens with one attached hydrogen (secondary N) is 1. The van der Waals surface area contributed by atoms with Gasteiger partial charge >= 0.3 is 12.1 Å². The number of ketones is 1. The molecular formula is C33H39NO7. The number of alkyl carbamates (subject to hydrolysis) is 1. The molecule has 8 heteroatoms. The summed E-state index contributed by atoms with van der Waals surface area (Å²) in [5.41, 5.74) is 3.01. The molecule has 4 atom stereocenters. The number of amides is 1. The van der Waals surface area contributed by atoms with Crippen molar-refractivity contribution in [2.45, 2.75) is 57.1 Å². The maximum absolute atomic E-state index is 13.0. The second-order valence-electron chi connectivity index (χ2n) is 11.1. The van der Waals surface area contributed by atoms with Crippen LogP contribution in [0, 0.1) is 5.92 Å². The Bertz CT molecular complexity index is 1290. The minimum Gasteiger partial charge on any atom is -0.481 e. The summed E-state index contributed by atoms with van der Waals surface area (Å²) in [5.74, 6) is -2.45. The molecule has 1 amide bonds. The molecule has 8 nitrogen and oxygen atoms in total. The number of carboxylic acid groups (broad SMARTS) is 1. The molecule has 0 aromatic heterocycles. The summed E-state index contributed by atoms with van der Waals surface area (Å²) in [7, 11) is 0. The van der Waals surface area contributed by atoms with Crippen LogP contribution >= 0.6 is 0 Å². The van der Waals surface area contributed by atoms with Crippen molar-refractivity contribution >= 4 is 17.8 Å². The van der Waals surface area contributed by atoms with Gasteiger partial charge in [0.15, 0.2) is 0 Å². The van der Waals surface area contributed by atoms with Crippen LogP contribution in [0.25, 0.3) is 0 Å². The third-order valence-electron chi connectivity index (χ3n) is 6.94. The largest absolute Gasteiger partial charge is 0.481 e. The van der Waals surface area contributed by atoms with Crippen molar-refractivity contribution in [3.63, 3.8) is 0 Å². The molecule has 3 aromatic rings. The Kier molecular flexibility index (Phi) is 11.2. The first-order chi connectivity index (χ1) is 19.5. The van der Waals surface area contributed by atoms with Crippen LogP contribution in [0.2, 0.25) is 0 Å². The molecule has 0 heterocycles. The number of rotatable bonds is 9. The van der Waals surface area contributed by atoms with E-state index in [9.17, 15) is 19.5 Å². The fraction of sp³-hybridized carbons (Fsp3) is 0.364. The van der Waals surface area contributed by atoms with Crippen LogP contribution < -0.4 is 5.32 Å². The second kappa shape index (κ2) is 14.6. The van der Waals surface area contributed by atoms with Crippen LogP contribution in [-0.4, -0.2) is 52.0 Å². The van der Waals surface area contributed by atoms with Crippen LogP contribution in [0.1, 0.15) is 67.3 Å². The number of Topliss-reactive ketones (excluding diaryl/α,β-unsaturated/α-hetero) is 1. The lowest BCUT2D eigenvalue weighted by molar-refractivity contribution is -0.139. The smallest absolute Gasteiger partial charge is 0.408 e. The van der Waals surface area contributed by atoms with Gasteiger partial charge in [0.1, 0.15) is 17.3 Å². The van der Waals surface area contributed by atoms with E-state index in [0.29, 0.717) is 12.0 Å². The highest BCUT2D eigenvalue weighted by Gasteiger charge is 2.37. The fourth-order valence-electron chi connectivity index (χ4n) is 4.99. The van der Waals surface area contributed by atoms with Gasteiger partial charge in [0.25, 0.3) is 0 Å². The zero-order valence-electron chi connectivity index (χ0n) is 23.7. The van der Waals surface area contributed by atoms with Crippen molar-refractivity contribution in [3.8, 4) is 0 Å². The summed E-state index contributed by atoms with van der Waals surface area (Å²) < 4.78 is 5.43. The van der Waals surface area contributed by atoms with Gasteiger partial charge < -0.3 is 25.4 Å². The zero-order chi connectivity index (χ0) is 30.0. The number of fused-ring (bicyclic) bond motifs is 1. The SMILES string of the molecule is CC(C)(C)OC(=O)N[C@H]1c2ccccc2C[C@@H]1CC(=O)C(CO)c1ccccc1.O=C(O)C(CO)c1ccccc1. The number of ether oxygens (including phenoxy) is 1. The molecule has 0 fully saturated rings. The maximum atomic E-state index is 13.0. The van der Waals surface area contributed by atoms with Gasteiger partial charge in [-0.15, -0.1) is 0 Å². The molecule has 4 rings (SSSR count). The maximum Gasteiger partial charge on any atom is 0.408 e. The molecule has 0 aliphatic heterocycles. The van der Waals surface area contributed by atoms with Crippen molar-refractivity contribution in [2.75, 3.05) is 13.2 Å². The lowest BCUT2D eigenvalue weighted by Crippen LogP contribution is -2.37. The van der Waals surface area contributed by atoms with Gasteiger partial charge in [0, 0.05) is 6.42 Å². The highest BCUT2D eigenvalue weighted by molar-refractivity contribution is 5.86. The number of hydrogen-bond donors (Lipinski definition) is 4. The molecule has 218 valence electrons. The van der Waals surface area contributed by atoms with E-state index in [-0.39, 0.29) is 37.4 Å². The quantitative estimate of drug-likeness (QED) is 0.289. The molecular weight excluding hydrogens is 522 g/mol. The lowest BCUT2D eigenvalue weighted by atomic mass is 9.87. The van der Waals surface area contributed by atoms with E-state index < -0.39 is 29.5 Å². The molecule has 3 aromatic carbocycles. The highest BCUT2D eigenvalue weighted by Crippen LogP contribution is 2.39.